The van der Waals surface area contributed by atoms with Gasteiger partial charge in [-0.25, -0.2) is 8.42 Å². The number of carbonyl (C=O) groups excluding carboxylic acids is 2. The molecule has 1 N–H and O–H groups in total. The summed E-state index contributed by atoms with van der Waals surface area (Å²) in [5.74, 6) is -0.538. The third-order valence-electron chi connectivity index (χ3n) is 5.17. The van der Waals surface area contributed by atoms with Gasteiger partial charge in [-0.3, -0.25) is 9.59 Å². The molecule has 0 unspecified atom stereocenters. The minimum absolute atomic E-state index is 0.0725. The molecule has 1 aliphatic rings. The highest BCUT2D eigenvalue weighted by molar-refractivity contribution is 7.89. The second kappa shape index (κ2) is 8.75. The Morgan fingerprint density at radius 3 is 2.67 bits per heavy atom. The minimum Gasteiger partial charge on any atom is -0.325 e. The topological polar surface area (TPSA) is 86.8 Å². The molecular formula is C21H24ClN3O4S. The molecule has 0 aliphatic carbocycles. The number of amides is 2. The summed E-state index contributed by atoms with van der Waals surface area (Å²) >= 11 is 6.06. The molecule has 0 atom stereocenters. The van der Waals surface area contributed by atoms with Crippen LogP contribution in [0.2, 0.25) is 5.02 Å². The number of sulfonamides is 1. The van der Waals surface area contributed by atoms with Crippen molar-refractivity contribution in [3.05, 3.63) is 52.5 Å². The van der Waals surface area contributed by atoms with Gasteiger partial charge in [0.05, 0.1) is 11.4 Å². The van der Waals surface area contributed by atoms with Crippen LogP contribution in [0.3, 0.4) is 0 Å². The van der Waals surface area contributed by atoms with Crippen LogP contribution in [0, 0.1) is 6.92 Å². The van der Waals surface area contributed by atoms with Crippen molar-refractivity contribution in [3.63, 3.8) is 0 Å². The lowest BCUT2D eigenvalue weighted by molar-refractivity contribution is -0.117. The second-order valence-corrected chi connectivity index (χ2v) is 9.74. The molecule has 2 aromatic rings. The third kappa shape index (κ3) is 4.50. The summed E-state index contributed by atoms with van der Waals surface area (Å²) in [6.07, 6.45) is 1.47. The Hall–Kier alpha value is -2.42. The molecule has 0 bridgehead atoms. The zero-order valence-corrected chi connectivity index (χ0v) is 18.7. The lowest BCUT2D eigenvalue weighted by Gasteiger charge is -2.29. The number of halogens is 1. The van der Waals surface area contributed by atoms with E-state index in [0.717, 1.165) is 22.0 Å². The average Bonchev–Trinajstić information content (AvgIpc) is 2.70. The van der Waals surface area contributed by atoms with Gasteiger partial charge in [-0.15, -0.1) is 0 Å². The van der Waals surface area contributed by atoms with E-state index in [1.54, 1.807) is 42.2 Å². The largest absolute Gasteiger partial charge is 0.325 e. The van der Waals surface area contributed by atoms with E-state index in [4.69, 9.17) is 11.6 Å². The Kier molecular flexibility index (Phi) is 6.50. The van der Waals surface area contributed by atoms with Gasteiger partial charge in [-0.2, -0.15) is 4.31 Å². The lowest BCUT2D eigenvalue weighted by Crippen LogP contribution is -2.36. The lowest BCUT2D eigenvalue weighted by atomic mass is 10.0. The first-order chi connectivity index (χ1) is 14.1. The Bertz CT molecular complexity index is 1100. The minimum atomic E-state index is -3.87. The zero-order valence-electron chi connectivity index (χ0n) is 17.1. The molecule has 7 nitrogen and oxygen atoms in total. The van der Waals surface area contributed by atoms with Crippen LogP contribution < -0.4 is 10.2 Å². The van der Waals surface area contributed by atoms with Crippen LogP contribution in [-0.4, -0.2) is 44.7 Å². The quantitative estimate of drug-likeness (QED) is 0.759. The van der Waals surface area contributed by atoms with E-state index in [-0.39, 0.29) is 17.3 Å². The van der Waals surface area contributed by atoms with Crippen LogP contribution in [0.5, 0.6) is 0 Å². The second-order valence-electron chi connectivity index (χ2n) is 7.29. The van der Waals surface area contributed by atoms with E-state index in [1.165, 1.54) is 20.0 Å². The highest BCUT2D eigenvalue weighted by Crippen LogP contribution is 2.30. The maximum Gasteiger partial charge on any atom is 0.243 e. The van der Waals surface area contributed by atoms with Gasteiger partial charge in [-0.05, 0) is 61.2 Å². The van der Waals surface area contributed by atoms with Crippen LogP contribution in [0.1, 0.15) is 24.5 Å². The smallest absolute Gasteiger partial charge is 0.243 e. The summed E-state index contributed by atoms with van der Waals surface area (Å²) in [5.41, 5.74) is 2.80. The Labute approximate surface area is 181 Å². The fourth-order valence-corrected chi connectivity index (χ4v) is 4.81. The van der Waals surface area contributed by atoms with Crippen molar-refractivity contribution >= 4 is 44.8 Å². The third-order valence-corrected chi connectivity index (χ3v) is 7.37. The summed E-state index contributed by atoms with van der Waals surface area (Å²) in [5, 5.41) is 3.22. The summed E-state index contributed by atoms with van der Waals surface area (Å²) in [6.45, 7) is 3.55. The molecule has 3 rings (SSSR count). The van der Waals surface area contributed by atoms with Gasteiger partial charge >= 0.3 is 0 Å². The van der Waals surface area contributed by atoms with Gasteiger partial charge in [0, 0.05) is 36.9 Å². The van der Waals surface area contributed by atoms with E-state index < -0.39 is 15.9 Å². The van der Waals surface area contributed by atoms with Crippen LogP contribution in [0.15, 0.2) is 41.3 Å². The van der Waals surface area contributed by atoms with Crippen molar-refractivity contribution < 1.29 is 18.0 Å². The number of aryl methyl sites for hydroxylation is 1. The summed E-state index contributed by atoms with van der Waals surface area (Å²) in [4.78, 5) is 26.0. The number of anilines is 2. The maximum absolute atomic E-state index is 13.0. The maximum atomic E-state index is 13.0. The van der Waals surface area contributed by atoms with E-state index >= 15 is 0 Å². The number of fused-ring (bicyclic) bond motifs is 1. The van der Waals surface area contributed by atoms with E-state index in [9.17, 15) is 18.0 Å². The Morgan fingerprint density at radius 1 is 1.23 bits per heavy atom. The van der Waals surface area contributed by atoms with Crippen LogP contribution in [0.4, 0.5) is 11.4 Å². The monoisotopic (exact) mass is 449 g/mol. The molecule has 9 heteroatoms. The number of hydrogen-bond donors (Lipinski definition) is 1. The van der Waals surface area contributed by atoms with E-state index in [1.807, 2.05) is 0 Å². The summed E-state index contributed by atoms with van der Waals surface area (Å²) < 4.78 is 27.0. The molecular weight excluding hydrogens is 426 g/mol. The van der Waals surface area contributed by atoms with Gasteiger partial charge in [0.25, 0.3) is 0 Å². The molecule has 2 amide bonds. The van der Waals surface area contributed by atoms with E-state index in [0.29, 0.717) is 29.2 Å². The van der Waals surface area contributed by atoms with E-state index in [2.05, 4.69) is 5.32 Å². The first kappa shape index (κ1) is 22.3. The molecule has 0 spiro atoms. The Balaban J connectivity index is 1.77. The van der Waals surface area contributed by atoms with Crippen molar-refractivity contribution in [1.29, 1.82) is 0 Å². The molecule has 0 fully saturated rings. The van der Waals surface area contributed by atoms with Gasteiger partial charge in [-0.1, -0.05) is 17.7 Å². The van der Waals surface area contributed by atoms with Crippen LogP contribution in [0.25, 0.3) is 0 Å². The molecule has 2 aromatic carbocycles. The number of likely N-dealkylation sites (N-methyl/N-ethyl adjacent to an activating group) is 1. The standard InChI is InChI=1S/C21H24ClN3O4S/c1-14-18(22)7-4-8-19(14)23-21(27)13-24(3)30(28,29)17-9-10-20-16(12-17)6-5-11-25(20)15(2)26/h4,7-10,12H,5-6,11,13H2,1-3H3,(H,23,27). The summed E-state index contributed by atoms with van der Waals surface area (Å²) in [7, 11) is -2.51. The van der Waals surface area contributed by atoms with Crippen molar-refractivity contribution in [1.82, 2.24) is 4.31 Å². The summed E-state index contributed by atoms with van der Waals surface area (Å²) in [6, 6.07) is 9.86. The molecule has 1 heterocycles. The van der Waals surface area contributed by atoms with Crippen molar-refractivity contribution in [2.45, 2.75) is 31.6 Å². The number of nitrogens with one attached hydrogen (secondary N) is 1. The first-order valence-corrected chi connectivity index (χ1v) is 11.4. The average molecular weight is 450 g/mol. The molecule has 1 aliphatic heterocycles. The van der Waals surface area contributed by atoms with Gasteiger partial charge < -0.3 is 10.2 Å². The van der Waals surface area contributed by atoms with Crippen molar-refractivity contribution in [2.24, 2.45) is 0 Å². The van der Waals surface area contributed by atoms with Crippen LogP contribution in [-0.2, 0) is 26.0 Å². The molecule has 0 aromatic heterocycles. The fraction of sp³-hybridized carbons (Fsp3) is 0.333. The SMILES string of the molecule is CC(=O)N1CCCc2cc(S(=O)(=O)N(C)CC(=O)Nc3cccc(Cl)c3C)ccc21. The van der Waals surface area contributed by atoms with Crippen molar-refractivity contribution in [2.75, 3.05) is 30.4 Å². The number of hydrogen-bond acceptors (Lipinski definition) is 4. The predicted octanol–water partition coefficient (Wildman–Crippen LogP) is 3.21. The van der Waals surface area contributed by atoms with Gasteiger partial charge in [0.1, 0.15) is 0 Å². The molecule has 160 valence electrons. The van der Waals surface area contributed by atoms with Crippen molar-refractivity contribution in [3.8, 4) is 0 Å². The molecule has 0 radical (unpaired) electrons. The molecule has 0 saturated heterocycles. The normalized spacial score (nSPS) is 13.8. The highest BCUT2D eigenvalue weighted by Gasteiger charge is 2.26. The predicted molar refractivity (Wildman–Crippen MR) is 117 cm³/mol. The Morgan fingerprint density at radius 2 is 1.97 bits per heavy atom. The highest BCUT2D eigenvalue weighted by atomic mass is 35.5. The first-order valence-electron chi connectivity index (χ1n) is 9.53. The zero-order chi connectivity index (χ0) is 22.1. The fourth-order valence-electron chi connectivity index (χ4n) is 3.46. The molecule has 30 heavy (non-hydrogen) atoms. The number of nitrogens with zero attached hydrogens (tertiary/aromatic N) is 2. The number of rotatable bonds is 5. The van der Waals surface area contributed by atoms with Gasteiger partial charge in [0.2, 0.25) is 21.8 Å². The van der Waals surface area contributed by atoms with Gasteiger partial charge in [0.15, 0.2) is 0 Å². The van der Waals surface area contributed by atoms with Crippen LogP contribution >= 0.6 is 11.6 Å². The number of benzene rings is 2. The molecule has 0 saturated carbocycles. The number of carbonyl (C=O) groups is 2.